The summed E-state index contributed by atoms with van der Waals surface area (Å²) in [5.41, 5.74) is 0. The molecule has 3 atom stereocenters. The van der Waals surface area contributed by atoms with Crippen LogP contribution in [-0.2, 0) is 0 Å². The molecule has 0 aromatic heterocycles. The summed E-state index contributed by atoms with van der Waals surface area (Å²) >= 11 is 0. The Morgan fingerprint density at radius 3 is 2.31 bits per heavy atom. The standard InChI is InChI=1S/C10H15F3/c11-10(12,13)4-3-9-6-7-1-2-8(9)5-7/h7-9H,1-6H2/t7-,8+,9?/m1/s1. The summed E-state index contributed by atoms with van der Waals surface area (Å²) in [5.74, 6) is 1.79. The highest BCUT2D eigenvalue weighted by Gasteiger charge is 2.40. The predicted molar refractivity (Wildman–Crippen MR) is 44.2 cm³/mol. The maximum atomic E-state index is 12.0. The second-order valence-electron chi connectivity index (χ2n) is 4.59. The van der Waals surface area contributed by atoms with Crippen molar-refractivity contribution in [2.24, 2.45) is 17.8 Å². The van der Waals surface area contributed by atoms with Crippen molar-refractivity contribution < 1.29 is 13.2 Å². The van der Waals surface area contributed by atoms with E-state index in [0.29, 0.717) is 18.3 Å². The Balaban J connectivity index is 1.78. The van der Waals surface area contributed by atoms with Gasteiger partial charge >= 0.3 is 6.18 Å². The molecule has 0 nitrogen and oxygen atoms in total. The van der Waals surface area contributed by atoms with Crippen LogP contribution in [-0.4, -0.2) is 6.18 Å². The van der Waals surface area contributed by atoms with E-state index in [4.69, 9.17) is 0 Å². The van der Waals surface area contributed by atoms with Crippen LogP contribution in [0.1, 0.15) is 38.5 Å². The quantitative estimate of drug-likeness (QED) is 0.624. The minimum Gasteiger partial charge on any atom is -0.171 e. The molecule has 2 rings (SSSR count). The van der Waals surface area contributed by atoms with Crippen molar-refractivity contribution in [1.82, 2.24) is 0 Å². The highest BCUT2D eigenvalue weighted by Crippen LogP contribution is 2.50. The van der Waals surface area contributed by atoms with E-state index < -0.39 is 12.6 Å². The molecule has 0 aliphatic heterocycles. The molecule has 0 spiro atoms. The Kier molecular flexibility index (Phi) is 2.28. The summed E-state index contributed by atoms with van der Waals surface area (Å²) in [6.07, 6.45) is 0.608. The first-order valence-electron chi connectivity index (χ1n) is 5.11. The molecule has 0 N–H and O–H groups in total. The Morgan fingerprint density at radius 2 is 1.85 bits per heavy atom. The number of fused-ring (bicyclic) bond motifs is 2. The lowest BCUT2D eigenvalue weighted by molar-refractivity contribution is -0.138. The van der Waals surface area contributed by atoms with Gasteiger partial charge in [-0.2, -0.15) is 13.2 Å². The SMILES string of the molecule is FC(F)(F)CCC1C[C@@H]2CC[C@H]1C2. The molecule has 0 heterocycles. The van der Waals surface area contributed by atoms with Gasteiger partial charge in [0.2, 0.25) is 0 Å². The van der Waals surface area contributed by atoms with Crippen molar-refractivity contribution in [3.8, 4) is 0 Å². The van der Waals surface area contributed by atoms with Gasteiger partial charge in [0, 0.05) is 6.42 Å². The smallest absolute Gasteiger partial charge is 0.171 e. The van der Waals surface area contributed by atoms with Crippen molar-refractivity contribution in [2.75, 3.05) is 0 Å². The van der Waals surface area contributed by atoms with E-state index in [-0.39, 0.29) is 0 Å². The molecule has 0 amide bonds. The molecule has 1 unspecified atom stereocenters. The van der Waals surface area contributed by atoms with E-state index >= 15 is 0 Å². The number of hydrogen-bond donors (Lipinski definition) is 0. The first-order valence-corrected chi connectivity index (χ1v) is 5.11. The van der Waals surface area contributed by atoms with Crippen LogP contribution in [0.4, 0.5) is 13.2 Å². The molecule has 0 aromatic rings. The van der Waals surface area contributed by atoms with E-state index in [1.807, 2.05) is 0 Å². The minimum absolute atomic E-state index is 0.380. The number of halogens is 3. The van der Waals surface area contributed by atoms with Crippen LogP contribution in [0, 0.1) is 17.8 Å². The van der Waals surface area contributed by atoms with E-state index in [0.717, 1.165) is 12.3 Å². The second-order valence-corrected chi connectivity index (χ2v) is 4.59. The maximum Gasteiger partial charge on any atom is 0.389 e. The molecule has 0 saturated heterocycles. The van der Waals surface area contributed by atoms with Crippen molar-refractivity contribution >= 4 is 0 Å². The van der Waals surface area contributed by atoms with Crippen LogP contribution < -0.4 is 0 Å². The summed E-state index contributed by atoms with van der Waals surface area (Å²) < 4.78 is 35.9. The zero-order valence-corrected chi connectivity index (χ0v) is 7.61. The monoisotopic (exact) mass is 192 g/mol. The molecule has 0 aromatic carbocycles. The zero-order chi connectivity index (χ0) is 9.47. The highest BCUT2D eigenvalue weighted by atomic mass is 19.4. The first kappa shape index (κ1) is 9.35. The van der Waals surface area contributed by atoms with Crippen molar-refractivity contribution in [1.29, 1.82) is 0 Å². The molecule has 2 bridgehead atoms. The fourth-order valence-electron chi connectivity index (χ4n) is 3.08. The molecule has 0 radical (unpaired) electrons. The largest absolute Gasteiger partial charge is 0.389 e. The number of hydrogen-bond acceptors (Lipinski definition) is 0. The molecule has 76 valence electrons. The van der Waals surface area contributed by atoms with Gasteiger partial charge in [0.05, 0.1) is 0 Å². The third-order valence-corrected chi connectivity index (χ3v) is 3.68. The van der Waals surface area contributed by atoms with Gasteiger partial charge in [-0.25, -0.2) is 0 Å². The average molecular weight is 192 g/mol. The van der Waals surface area contributed by atoms with Crippen LogP contribution in [0.3, 0.4) is 0 Å². The minimum atomic E-state index is -3.94. The molecule has 3 heteroatoms. The third kappa shape index (κ3) is 2.18. The maximum absolute atomic E-state index is 12.0. The lowest BCUT2D eigenvalue weighted by atomic mass is 9.85. The van der Waals surface area contributed by atoms with E-state index in [9.17, 15) is 13.2 Å². The van der Waals surface area contributed by atoms with Gasteiger partial charge in [-0.15, -0.1) is 0 Å². The van der Waals surface area contributed by atoms with Gasteiger partial charge in [0.15, 0.2) is 0 Å². The van der Waals surface area contributed by atoms with Crippen LogP contribution in [0.25, 0.3) is 0 Å². The molecule has 2 fully saturated rings. The van der Waals surface area contributed by atoms with Crippen LogP contribution in [0.2, 0.25) is 0 Å². The van der Waals surface area contributed by atoms with Gasteiger partial charge in [-0.1, -0.05) is 6.42 Å². The van der Waals surface area contributed by atoms with Gasteiger partial charge in [-0.05, 0) is 43.4 Å². The fraction of sp³-hybridized carbons (Fsp3) is 1.00. The van der Waals surface area contributed by atoms with E-state index in [2.05, 4.69) is 0 Å². The fourth-order valence-corrected chi connectivity index (χ4v) is 3.08. The van der Waals surface area contributed by atoms with Gasteiger partial charge in [0.25, 0.3) is 0 Å². The van der Waals surface area contributed by atoms with Gasteiger partial charge < -0.3 is 0 Å². The second kappa shape index (κ2) is 3.18. The average Bonchev–Trinajstić information content (AvgIpc) is 2.58. The van der Waals surface area contributed by atoms with Crippen molar-refractivity contribution in [3.05, 3.63) is 0 Å². The molecule has 2 aliphatic carbocycles. The first-order chi connectivity index (χ1) is 6.04. The van der Waals surface area contributed by atoms with Gasteiger partial charge in [0.1, 0.15) is 0 Å². The summed E-state index contributed by atoms with van der Waals surface area (Å²) in [6, 6.07) is 0. The van der Waals surface area contributed by atoms with Crippen LogP contribution >= 0.6 is 0 Å². The Hall–Kier alpha value is -0.210. The predicted octanol–water partition coefficient (Wildman–Crippen LogP) is 3.77. The summed E-state index contributed by atoms with van der Waals surface area (Å²) in [6.45, 7) is 0. The molecular weight excluding hydrogens is 177 g/mol. The van der Waals surface area contributed by atoms with E-state index in [1.165, 1.54) is 19.3 Å². The lowest BCUT2D eigenvalue weighted by Gasteiger charge is -2.21. The number of rotatable bonds is 2. The topological polar surface area (TPSA) is 0 Å². The number of alkyl halides is 3. The third-order valence-electron chi connectivity index (χ3n) is 3.68. The summed E-state index contributed by atoms with van der Waals surface area (Å²) in [7, 11) is 0. The molecule has 13 heavy (non-hydrogen) atoms. The van der Waals surface area contributed by atoms with E-state index in [1.54, 1.807) is 0 Å². The summed E-state index contributed by atoms with van der Waals surface area (Å²) in [4.78, 5) is 0. The zero-order valence-electron chi connectivity index (χ0n) is 7.61. The van der Waals surface area contributed by atoms with Crippen LogP contribution in [0.5, 0.6) is 0 Å². The Labute approximate surface area is 76.5 Å². The van der Waals surface area contributed by atoms with Gasteiger partial charge in [-0.3, -0.25) is 0 Å². The van der Waals surface area contributed by atoms with Crippen molar-refractivity contribution in [2.45, 2.75) is 44.7 Å². The highest BCUT2D eigenvalue weighted by molar-refractivity contribution is 4.89. The van der Waals surface area contributed by atoms with Crippen molar-refractivity contribution in [3.63, 3.8) is 0 Å². The lowest BCUT2D eigenvalue weighted by Crippen LogP contribution is -2.15. The summed E-state index contributed by atoms with van der Waals surface area (Å²) in [5, 5.41) is 0. The van der Waals surface area contributed by atoms with Crippen LogP contribution in [0.15, 0.2) is 0 Å². The normalized spacial score (nSPS) is 38.5. The molecular formula is C10H15F3. The Bertz CT molecular complexity index is 185. The Morgan fingerprint density at radius 1 is 1.08 bits per heavy atom. The molecule has 2 saturated carbocycles. The molecule has 2 aliphatic rings.